The van der Waals surface area contributed by atoms with Gasteiger partial charge in [-0.15, -0.1) is 24.8 Å². The number of carbonyl (C=O) groups is 1. The SMILES string of the molecule is CN(CCCCNC(=O)C1(N)CCCC1)c1ccccc1.Cl.Cl. The van der Waals surface area contributed by atoms with Crippen molar-refractivity contribution in [2.24, 2.45) is 5.73 Å². The standard InChI is InChI=1S/C17H27N3O.2ClH/c1-20(15-9-3-2-4-10-15)14-8-7-13-19-16(21)17(18)11-5-6-12-17;;/h2-4,9-10H,5-8,11-14,18H2,1H3,(H,19,21);2*1H. The van der Waals surface area contributed by atoms with Gasteiger partial charge in [0.05, 0.1) is 5.54 Å². The third-order valence-corrected chi connectivity index (χ3v) is 4.35. The molecular weight excluding hydrogens is 333 g/mol. The Morgan fingerprint density at radius 1 is 1.17 bits per heavy atom. The normalized spacial score (nSPS) is 15.2. The topological polar surface area (TPSA) is 58.4 Å². The van der Waals surface area contributed by atoms with E-state index in [9.17, 15) is 4.79 Å². The van der Waals surface area contributed by atoms with Crippen molar-refractivity contribution < 1.29 is 4.79 Å². The lowest BCUT2D eigenvalue weighted by Gasteiger charge is -2.22. The number of para-hydroxylation sites is 1. The molecule has 1 aliphatic carbocycles. The highest BCUT2D eigenvalue weighted by Crippen LogP contribution is 2.27. The summed E-state index contributed by atoms with van der Waals surface area (Å²) in [4.78, 5) is 14.3. The van der Waals surface area contributed by atoms with Gasteiger partial charge in [-0.3, -0.25) is 4.79 Å². The molecule has 1 aromatic rings. The van der Waals surface area contributed by atoms with Gasteiger partial charge >= 0.3 is 0 Å². The first-order chi connectivity index (χ1) is 10.1. The van der Waals surface area contributed by atoms with Gasteiger partial charge in [0.25, 0.3) is 0 Å². The molecule has 1 amide bonds. The lowest BCUT2D eigenvalue weighted by molar-refractivity contribution is -0.126. The zero-order chi connectivity index (χ0) is 15.1. The summed E-state index contributed by atoms with van der Waals surface area (Å²) >= 11 is 0. The summed E-state index contributed by atoms with van der Waals surface area (Å²) in [5.41, 5.74) is 6.75. The summed E-state index contributed by atoms with van der Waals surface area (Å²) in [5.74, 6) is 0.0383. The second-order valence-electron chi connectivity index (χ2n) is 6.08. The zero-order valence-electron chi connectivity index (χ0n) is 13.8. The molecular formula is C17H29Cl2N3O. The smallest absolute Gasteiger partial charge is 0.240 e. The third kappa shape index (κ3) is 6.58. The molecule has 0 bridgehead atoms. The summed E-state index contributed by atoms with van der Waals surface area (Å²) in [6.45, 7) is 1.72. The van der Waals surface area contributed by atoms with Crippen molar-refractivity contribution in [1.29, 1.82) is 0 Å². The van der Waals surface area contributed by atoms with E-state index in [1.807, 2.05) is 18.2 Å². The molecule has 2 rings (SSSR count). The number of rotatable bonds is 7. The van der Waals surface area contributed by atoms with Gasteiger partial charge < -0.3 is 16.0 Å². The van der Waals surface area contributed by atoms with E-state index in [-0.39, 0.29) is 30.7 Å². The van der Waals surface area contributed by atoms with Crippen LogP contribution in [0.25, 0.3) is 0 Å². The lowest BCUT2D eigenvalue weighted by atomic mass is 9.98. The van der Waals surface area contributed by atoms with Crippen LogP contribution in [0.4, 0.5) is 5.69 Å². The molecule has 0 saturated heterocycles. The molecule has 23 heavy (non-hydrogen) atoms. The Balaban J connectivity index is 0.00000242. The Bertz CT molecular complexity index is 450. The Hall–Kier alpha value is -0.970. The summed E-state index contributed by atoms with van der Waals surface area (Å²) in [6.07, 6.45) is 5.85. The average Bonchev–Trinajstić information content (AvgIpc) is 2.95. The van der Waals surface area contributed by atoms with Gasteiger partial charge in [0.1, 0.15) is 0 Å². The van der Waals surface area contributed by atoms with E-state index in [0.29, 0.717) is 0 Å². The quantitative estimate of drug-likeness (QED) is 0.733. The van der Waals surface area contributed by atoms with Crippen LogP contribution < -0.4 is 16.0 Å². The molecule has 1 aliphatic rings. The van der Waals surface area contributed by atoms with Crippen molar-refractivity contribution >= 4 is 36.4 Å². The number of nitrogens with zero attached hydrogens (tertiary/aromatic N) is 1. The lowest BCUT2D eigenvalue weighted by Crippen LogP contribution is -2.52. The molecule has 0 radical (unpaired) electrons. The monoisotopic (exact) mass is 361 g/mol. The average molecular weight is 362 g/mol. The molecule has 132 valence electrons. The Kier molecular flexibility index (Phi) is 10.3. The van der Waals surface area contributed by atoms with Crippen molar-refractivity contribution in [3.8, 4) is 0 Å². The molecule has 0 atom stereocenters. The van der Waals surface area contributed by atoms with Crippen molar-refractivity contribution in [3.05, 3.63) is 30.3 Å². The number of hydrogen-bond donors (Lipinski definition) is 2. The van der Waals surface area contributed by atoms with E-state index < -0.39 is 5.54 Å². The van der Waals surface area contributed by atoms with Crippen LogP contribution in [-0.2, 0) is 4.79 Å². The Morgan fingerprint density at radius 3 is 2.39 bits per heavy atom. The number of nitrogens with two attached hydrogens (primary N) is 1. The molecule has 0 aliphatic heterocycles. The fourth-order valence-corrected chi connectivity index (χ4v) is 2.90. The van der Waals surface area contributed by atoms with Crippen LogP contribution in [0, 0.1) is 0 Å². The van der Waals surface area contributed by atoms with Gasteiger partial charge in [-0.1, -0.05) is 31.0 Å². The number of anilines is 1. The van der Waals surface area contributed by atoms with Crippen molar-refractivity contribution in [2.45, 2.75) is 44.1 Å². The van der Waals surface area contributed by atoms with Crippen molar-refractivity contribution in [3.63, 3.8) is 0 Å². The molecule has 0 heterocycles. The summed E-state index contributed by atoms with van der Waals surface area (Å²) in [7, 11) is 2.10. The molecule has 1 fully saturated rings. The maximum atomic E-state index is 12.0. The fourth-order valence-electron chi connectivity index (χ4n) is 2.90. The first-order valence-corrected chi connectivity index (χ1v) is 7.95. The summed E-state index contributed by atoms with van der Waals surface area (Å²) < 4.78 is 0. The third-order valence-electron chi connectivity index (χ3n) is 4.35. The molecule has 6 heteroatoms. The number of benzene rings is 1. The molecule has 0 aromatic heterocycles. The number of hydrogen-bond acceptors (Lipinski definition) is 3. The van der Waals surface area contributed by atoms with Gasteiger partial charge in [0, 0.05) is 25.8 Å². The number of carbonyl (C=O) groups excluding carboxylic acids is 1. The van der Waals surface area contributed by atoms with Crippen LogP contribution >= 0.6 is 24.8 Å². The van der Waals surface area contributed by atoms with Gasteiger partial charge in [0.2, 0.25) is 5.91 Å². The molecule has 1 saturated carbocycles. The second kappa shape index (κ2) is 10.7. The molecule has 3 N–H and O–H groups in total. The second-order valence-corrected chi connectivity index (χ2v) is 6.08. The first kappa shape index (κ1) is 22.0. The summed E-state index contributed by atoms with van der Waals surface area (Å²) in [5, 5.41) is 3.00. The van der Waals surface area contributed by atoms with E-state index in [0.717, 1.165) is 51.6 Å². The van der Waals surface area contributed by atoms with Gasteiger partial charge in [-0.25, -0.2) is 0 Å². The van der Waals surface area contributed by atoms with E-state index >= 15 is 0 Å². The largest absolute Gasteiger partial charge is 0.375 e. The number of unbranched alkanes of at least 4 members (excludes halogenated alkanes) is 1. The molecule has 4 nitrogen and oxygen atoms in total. The number of amides is 1. The van der Waals surface area contributed by atoms with Crippen LogP contribution in [0.3, 0.4) is 0 Å². The maximum absolute atomic E-state index is 12.0. The van der Waals surface area contributed by atoms with Gasteiger partial charge in [0.15, 0.2) is 0 Å². The zero-order valence-corrected chi connectivity index (χ0v) is 15.4. The minimum Gasteiger partial charge on any atom is -0.375 e. The highest BCUT2D eigenvalue weighted by atomic mass is 35.5. The number of halogens is 2. The molecule has 0 unspecified atom stereocenters. The van der Waals surface area contributed by atoms with Gasteiger partial charge in [-0.2, -0.15) is 0 Å². The van der Waals surface area contributed by atoms with E-state index in [2.05, 4.69) is 29.4 Å². The summed E-state index contributed by atoms with van der Waals surface area (Å²) in [6, 6.07) is 10.3. The predicted octanol–water partition coefficient (Wildman–Crippen LogP) is 3.13. The van der Waals surface area contributed by atoms with Crippen LogP contribution in [0.15, 0.2) is 30.3 Å². The van der Waals surface area contributed by atoms with Crippen LogP contribution in [0.1, 0.15) is 38.5 Å². The van der Waals surface area contributed by atoms with Crippen LogP contribution in [0.5, 0.6) is 0 Å². The minimum absolute atomic E-state index is 0. The number of nitrogens with one attached hydrogen (secondary N) is 1. The van der Waals surface area contributed by atoms with Gasteiger partial charge in [-0.05, 0) is 37.8 Å². The molecule has 0 spiro atoms. The Labute approximate surface area is 152 Å². The fraction of sp³-hybridized carbons (Fsp3) is 0.588. The van der Waals surface area contributed by atoms with Crippen LogP contribution in [0.2, 0.25) is 0 Å². The van der Waals surface area contributed by atoms with E-state index in [1.165, 1.54) is 5.69 Å². The first-order valence-electron chi connectivity index (χ1n) is 7.95. The maximum Gasteiger partial charge on any atom is 0.240 e. The van der Waals surface area contributed by atoms with E-state index in [1.54, 1.807) is 0 Å². The highest BCUT2D eigenvalue weighted by Gasteiger charge is 2.36. The minimum atomic E-state index is -0.596. The van der Waals surface area contributed by atoms with E-state index in [4.69, 9.17) is 5.73 Å². The van der Waals surface area contributed by atoms with Crippen molar-refractivity contribution in [2.75, 3.05) is 25.0 Å². The Morgan fingerprint density at radius 2 is 1.78 bits per heavy atom. The predicted molar refractivity (Wildman–Crippen MR) is 102 cm³/mol. The van der Waals surface area contributed by atoms with Crippen LogP contribution in [-0.4, -0.2) is 31.6 Å². The highest BCUT2D eigenvalue weighted by molar-refractivity contribution is 5.86. The molecule has 1 aromatic carbocycles. The van der Waals surface area contributed by atoms with Crippen molar-refractivity contribution in [1.82, 2.24) is 5.32 Å².